The van der Waals surface area contributed by atoms with Gasteiger partial charge in [-0.1, -0.05) is 5.16 Å². The number of esters is 1. The molecule has 20 heavy (non-hydrogen) atoms. The summed E-state index contributed by atoms with van der Waals surface area (Å²) in [7, 11) is 0. The number of rotatable bonds is 5. The Morgan fingerprint density at radius 2 is 1.90 bits per heavy atom. The number of carbonyl (C=O) groups excluding carboxylic acids is 1. The summed E-state index contributed by atoms with van der Waals surface area (Å²) in [5.74, 6) is 0.0305. The van der Waals surface area contributed by atoms with E-state index in [-0.39, 0.29) is 23.8 Å². The molecule has 0 atom stereocenters. The summed E-state index contributed by atoms with van der Waals surface area (Å²) < 4.78 is 9.85. The van der Waals surface area contributed by atoms with Crippen LogP contribution in [-0.2, 0) is 17.6 Å². The number of phenolic OH excluding ortho intramolecular Hbond substituents is 2. The summed E-state index contributed by atoms with van der Waals surface area (Å²) in [6, 6.07) is 5.90. The number of benzene rings is 1. The second-order valence-electron chi connectivity index (χ2n) is 4.26. The molecule has 0 radical (unpaired) electrons. The molecule has 106 valence electrons. The highest BCUT2D eigenvalue weighted by molar-refractivity contribution is 5.87. The maximum Gasteiger partial charge on any atom is 0.360 e. The highest BCUT2D eigenvalue weighted by Crippen LogP contribution is 2.21. The average molecular weight is 277 g/mol. The van der Waals surface area contributed by atoms with Crippen molar-refractivity contribution < 1.29 is 24.3 Å². The SMILES string of the molecule is CCOC(=O)c1cc(CCc2cc(O)cc(O)c2)on1. The Morgan fingerprint density at radius 3 is 2.55 bits per heavy atom. The van der Waals surface area contributed by atoms with E-state index in [4.69, 9.17) is 9.26 Å². The minimum atomic E-state index is -0.516. The van der Waals surface area contributed by atoms with E-state index in [1.807, 2.05) is 0 Å². The number of nitrogens with zero attached hydrogens (tertiary/aromatic N) is 1. The fourth-order valence-electron chi connectivity index (χ4n) is 1.80. The standard InChI is InChI=1S/C14H15NO5/c1-2-19-14(18)13-8-12(20-15-13)4-3-9-5-10(16)7-11(17)6-9/h5-8,16-17H,2-4H2,1H3. The normalized spacial score (nSPS) is 10.4. The van der Waals surface area contributed by atoms with Crippen LogP contribution in [0.2, 0.25) is 0 Å². The summed E-state index contributed by atoms with van der Waals surface area (Å²) in [6.07, 6.45) is 1.04. The van der Waals surface area contributed by atoms with Crippen LogP contribution in [0.4, 0.5) is 0 Å². The van der Waals surface area contributed by atoms with Crippen molar-refractivity contribution in [2.24, 2.45) is 0 Å². The first-order valence-electron chi connectivity index (χ1n) is 6.23. The first-order chi connectivity index (χ1) is 9.58. The third kappa shape index (κ3) is 3.50. The van der Waals surface area contributed by atoms with Crippen molar-refractivity contribution >= 4 is 5.97 Å². The molecule has 0 fully saturated rings. The summed E-state index contributed by atoms with van der Waals surface area (Å²) in [5.41, 5.74) is 0.900. The molecule has 1 heterocycles. The second-order valence-corrected chi connectivity index (χ2v) is 4.26. The zero-order valence-electron chi connectivity index (χ0n) is 11.0. The quantitative estimate of drug-likeness (QED) is 0.812. The van der Waals surface area contributed by atoms with Crippen LogP contribution >= 0.6 is 0 Å². The van der Waals surface area contributed by atoms with Gasteiger partial charge in [0, 0.05) is 18.6 Å². The van der Waals surface area contributed by atoms with Gasteiger partial charge in [0.15, 0.2) is 5.69 Å². The Bertz CT molecular complexity index is 585. The second kappa shape index (κ2) is 6.10. The maximum absolute atomic E-state index is 11.4. The van der Waals surface area contributed by atoms with Gasteiger partial charge in [-0.3, -0.25) is 0 Å². The maximum atomic E-state index is 11.4. The highest BCUT2D eigenvalue weighted by Gasteiger charge is 2.13. The largest absolute Gasteiger partial charge is 0.508 e. The van der Waals surface area contributed by atoms with Gasteiger partial charge in [-0.15, -0.1) is 0 Å². The minimum absolute atomic E-state index is 0.00443. The van der Waals surface area contributed by atoms with Gasteiger partial charge in [-0.25, -0.2) is 4.79 Å². The van der Waals surface area contributed by atoms with E-state index in [1.165, 1.54) is 12.1 Å². The van der Waals surface area contributed by atoms with E-state index in [2.05, 4.69) is 5.16 Å². The predicted octanol–water partition coefficient (Wildman–Crippen LogP) is 2.05. The third-order valence-electron chi connectivity index (χ3n) is 2.67. The topological polar surface area (TPSA) is 92.8 Å². The summed E-state index contributed by atoms with van der Waals surface area (Å²) in [4.78, 5) is 11.4. The van der Waals surface area contributed by atoms with Gasteiger partial charge in [0.05, 0.1) is 6.61 Å². The van der Waals surface area contributed by atoms with Crippen LogP contribution in [0.5, 0.6) is 11.5 Å². The molecule has 0 aliphatic carbocycles. The van der Waals surface area contributed by atoms with Crippen molar-refractivity contribution in [3.63, 3.8) is 0 Å². The number of hydrogen-bond donors (Lipinski definition) is 2. The lowest BCUT2D eigenvalue weighted by Crippen LogP contribution is -2.04. The van der Waals surface area contributed by atoms with Gasteiger partial charge in [0.1, 0.15) is 17.3 Å². The zero-order valence-corrected chi connectivity index (χ0v) is 11.0. The monoisotopic (exact) mass is 277 g/mol. The molecule has 0 amide bonds. The molecular weight excluding hydrogens is 262 g/mol. The summed E-state index contributed by atoms with van der Waals surface area (Å²) >= 11 is 0. The number of aromatic hydroxyl groups is 2. The molecule has 1 aromatic heterocycles. The van der Waals surface area contributed by atoms with Crippen molar-refractivity contribution in [1.29, 1.82) is 0 Å². The number of carbonyl (C=O) groups is 1. The third-order valence-corrected chi connectivity index (χ3v) is 2.67. The average Bonchev–Trinajstić information content (AvgIpc) is 2.84. The minimum Gasteiger partial charge on any atom is -0.508 e. The van der Waals surface area contributed by atoms with E-state index < -0.39 is 5.97 Å². The van der Waals surface area contributed by atoms with Gasteiger partial charge in [0.2, 0.25) is 0 Å². The fraction of sp³-hybridized carbons (Fsp3) is 0.286. The van der Waals surface area contributed by atoms with Crippen LogP contribution in [0.1, 0.15) is 28.7 Å². The molecule has 0 bridgehead atoms. The van der Waals surface area contributed by atoms with Gasteiger partial charge in [0.25, 0.3) is 0 Å². The molecular formula is C14H15NO5. The van der Waals surface area contributed by atoms with E-state index in [0.29, 0.717) is 18.6 Å². The Balaban J connectivity index is 1.99. The van der Waals surface area contributed by atoms with Gasteiger partial charge in [-0.05, 0) is 31.0 Å². The molecule has 0 aliphatic heterocycles. The van der Waals surface area contributed by atoms with Gasteiger partial charge in [-0.2, -0.15) is 0 Å². The van der Waals surface area contributed by atoms with Gasteiger partial charge >= 0.3 is 5.97 Å². The lowest BCUT2D eigenvalue weighted by atomic mass is 10.1. The molecule has 2 rings (SSSR count). The predicted molar refractivity (Wildman–Crippen MR) is 69.6 cm³/mol. The van der Waals surface area contributed by atoms with Crippen LogP contribution in [0.15, 0.2) is 28.8 Å². The smallest absolute Gasteiger partial charge is 0.360 e. The Kier molecular flexibility index (Phi) is 4.24. The molecule has 6 heteroatoms. The molecule has 0 saturated heterocycles. The van der Waals surface area contributed by atoms with Crippen molar-refractivity contribution in [3.8, 4) is 11.5 Å². The van der Waals surface area contributed by atoms with Crippen molar-refractivity contribution in [2.75, 3.05) is 6.61 Å². The van der Waals surface area contributed by atoms with Crippen LogP contribution in [-0.4, -0.2) is 27.9 Å². The number of phenols is 2. The Hall–Kier alpha value is -2.50. The first-order valence-corrected chi connectivity index (χ1v) is 6.23. The number of aryl methyl sites for hydroxylation is 2. The first kappa shape index (κ1) is 13.9. The zero-order chi connectivity index (χ0) is 14.5. The number of hydrogen-bond acceptors (Lipinski definition) is 6. The van der Waals surface area contributed by atoms with Crippen molar-refractivity contribution in [1.82, 2.24) is 5.16 Å². The van der Waals surface area contributed by atoms with E-state index in [0.717, 1.165) is 5.56 Å². The fourth-order valence-corrected chi connectivity index (χ4v) is 1.80. The lowest BCUT2D eigenvalue weighted by Gasteiger charge is -2.01. The molecule has 6 nitrogen and oxygen atoms in total. The van der Waals surface area contributed by atoms with E-state index in [9.17, 15) is 15.0 Å². The van der Waals surface area contributed by atoms with Gasteiger partial charge < -0.3 is 19.5 Å². The Morgan fingerprint density at radius 1 is 1.20 bits per heavy atom. The molecule has 0 spiro atoms. The molecule has 1 aromatic carbocycles. The molecule has 0 saturated carbocycles. The van der Waals surface area contributed by atoms with Crippen LogP contribution in [0, 0.1) is 0 Å². The molecule has 0 aliphatic rings. The van der Waals surface area contributed by atoms with E-state index in [1.54, 1.807) is 19.1 Å². The molecule has 0 unspecified atom stereocenters. The van der Waals surface area contributed by atoms with Crippen molar-refractivity contribution in [2.45, 2.75) is 19.8 Å². The number of ether oxygens (including phenoxy) is 1. The Labute approximate surface area is 115 Å². The summed E-state index contributed by atoms with van der Waals surface area (Å²) in [6.45, 7) is 2.00. The van der Waals surface area contributed by atoms with Crippen LogP contribution < -0.4 is 0 Å². The van der Waals surface area contributed by atoms with Crippen LogP contribution in [0.25, 0.3) is 0 Å². The lowest BCUT2D eigenvalue weighted by molar-refractivity contribution is 0.0514. The number of aromatic nitrogens is 1. The highest BCUT2D eigenvalue weighted by atomic mass is 16.5. The van der Waals surface area contributed by atoms with E-state index >= 15 is 0 Å². The summed E-state index contributed by atoms with van der Waals surface area (Å²) in [5, 5.41) is 22.4. The van der Waals surface area contributed by atoms with Crippen LogP contribution in [0.3, 0.4) is 0 Å². The molecule has 2 N–H and O–H groups in total. The molecule has 2 aromatic rings. The van der Waals surface area contributed by atoms with Crippen molar-refractivity contribution in [3.05, 3.63) is 41.3 Å².